The molecule has 0 bridgehead atoms. The number of fused-ring (bicyclic) bond motifs is 4. The normalized spacial score (nSPS) is 12.2. The first-order valence-corrected chi connectivity index (χ1v) is 16.5. The van der Waals surface area contributed by atoms with Crippen molar-refractivity contribution in [2.75, 3.05) is 4.90 Å². The van der Waals surface area contributed by atoms with Crippen molar-refractivity contribution in [1.82, 2.24) is 14.5 Å². The van der Waals surface area contributed by atoms with Crippen LogP contribution in [0.25, 0.3) is 66.0 Å². The molecular weight excluding hydrogens is 645 g/mol. The number of amides is 2. The molecule has 5 aromatic carbocycles. The maximum absolute atomic E-state index is 14.4. The van der Waals surface area contributed by atoms with Gasteiger partial charge in [0.1, 0.15) is 11.8 Å². The third-order valence-corrected chi connectivity index (χ3v) is 9.44. The number of anilines is 1. The number of nitriles is 1. The molecule has 1 aliphatic rings. The Labute approximate surface area is 297 Å². The highest BCUT2D eigenvalue weighted by molar-refractivity contribution is 6.35. The summed E-state index contributed by atoms with van der Waals surface area (Å²) in [6.07, 6.45) is 0. The molecule has 0 saturated carbocycles. The molecule has 0 spiro atoms. The van der Waals surface area contributed by atoms with Crippen LogP contribution in [0.1, 0.15) is 26.4 Å². The van der Waals surface area contributed by atoms with Gasteiger partial charge < -0.3 is 9.41 Å². The fraction of sp³-hybridized carbons (Fsp3) is 0. The summed E-state index contributed by atoms with van der Waals surface area (Å²) in [7, 11) is 0. The number of benzene rings is 5. The minimum atomic E-state index is -0.399. The van der Waals surface area contributed by atoms with E-state index in [1.165, 1.54) is 4.90 Å². The van der Waals surface area contributed by atoms with Gasteiger partial charge in [0.25, 0.3) is 17.6 Å². The molecule has 242 valence electrons. The van der Waals surface area contributed by atoms with Crippen LogP contribution in [0.2, 0.25) is 0 Å². The van der Waals surface area contributed by atoms with E-state index in [1.807, 2.05) is 108 Å². The van der Waals surface area contributed by atoms with Crippen LogP contribution in [0, 0.1) is 17.9 Å². The van der Waals surface area contributed by atoms with Gasteiger partial charge in [0, 0.05) is 21.9 Å². The number of imide groups is 1. The van der Waals surface area contributed by atoms with Crippen LogP contribution >= 0.6 is 0 Å². The van der Waals surface area contributed by atoms with Crippen molar-refractivity contribution in [3.63, 3.8) is 0 Å². The largest absolute Gasteiger partial charge is 0.361 e. The third-order valence-electron chi connectivity index (χ3n) is 9.44. The number of aromatic nitrogens is 3. The van der Waals surface area contributed by atoms with E-state index in [2.05, 4.69) is 20.9 Å². The Bertz CT molecular complexity index is 2750. The summed E-state index contributed by atoms with van der Waals surface area (Å²) in [5.41, 5.74) is 8.64. The molecule has 0 radical (unpaired) electrons. The number of hydrogen-bond acceptors (Lipinski definition) is 5. The predicted octanol–water partition coefficient (Wildman–Crippen LogP) is 9.80. The summed E-state index contributed by atoms with van der Waals surface area (Å²) < 4.78 is 2.02. The molecule has 2 amide bonds. The first-order chi connectivity index (χ1) is 25.5. The summed E-state index contributed by atoms with van der Waals surface area (Å²) in [6, 6.07) is 47.5. The Morgan fingerprint density at radius 1 is 0.596 bits per heavy atom. The van der Waals surface area contributed by atoms with E-state index in [0.29, 0.717) is 45.4 Å². The second-order valence-electron chi connectivity index (χ2n) is 12.4. The van der Waals surface area contributed by atoms with Gasteiger partial charge in [0.15, 0.2) is 5.69 Å². The fourth-order valence-electron chi connectivity index (χ4n) is 7.03. The molecular formula is C44H24N6O2. The zero-order valence-corrected chi connectivity index (χ0v) is 27.4. The number of nitrogens with zero attached hydrogens (tertiary/aromatic N) is 6. The first-order valence-electron chi connectivity index (χ1n) is 16.5. The van der Waals surface area contributed by atoms with Crippen molar-refractivity contribution in [3.8, 4) is 45.4 Å². The zero-order chi connectivity index (χ0) is 35.3. The Morgan fingerprint density at radius 3 is 1.88 bits per heavy atom. The molecule has 0 saturated heterocycles. The molecule has 52 heavy (non-hydrogen) atoms. The topological polar surface area (TPSA) is 96.2 Å². The van der Waals surface area contributed by atoms with Crippen molar-refractivity contribution in [2.45, 2.75) is 0 Å². The SMILES string of the molecule is [C-]#[N+]c1cccc(-c2ccc3c(c2)c2cc(-c4cccc(C#N)n4)ccc2n3-c2cccc3c2C(=O)N(c2ccc(-c4ccccc4)cc2)C3=O)n1. The van der Waals surface area contributed by atoms with Crippen LogP contribution in [0.4, 0.5) is 11.5 Å². The Kier molecular flexibility index (Phi) is 7.03. The number of hydrogen-bond donors (Lipinski definition) is 0. The molecule has 8 heteroatoms. The standard InChI is InChI=1S/C44H24N6O2/c1-46-41-15-7-13-37(48-41)30-19-23-39-35(25-30)34-24-29(36-12-5-10-31(26-45)47-36)18-22-38(34)50(39)40-14-6-11-33-42(40)44(52)49(43(33)51)32-20-16-28(17-21-32)27-8-3-2-4-9-27/h2-25H. The van der Waals surface area contributed by atoms with Crippen molar-refractivity contribution in [1.29, 1.82) is 5.26 Å². The average molecular weight is 669 g/mol. The van der Waals surface area contributed by atoms with E-state index in [1.54, 1.807) is 42.5 Å². The monoisotopic (exact) mass is 668 g/mol. The van der Waals surface area contributed by atoms with E-state index in [0.717, 1.165) is 44.1 Å². The highest BCUT2D eigenvalue weighted by Gasteiger charge is 2.39. The summed E-state index contributed by atoms with van der Waals surface area (Å²) in [5, 5.41) is 11.3. The molecule has 0 atom stereocenters. The summed E-state index contributed by atoms with van der Waals surface area (Å²) in [4.78, 5) is 42.1. The van der Waals surface area contributed by atoms with Gasteiger partial charge in [-0.15, -0.1) is 4.98 Å². The van der Waals surface area contributed by atoms with Gasteiger partial charge in [0.2, 0.25) is 0 Å². The van der Waals surface area contributed by atoms with Crippen LogP contribution in [-0.2, 0) is 0 Å². The first kappa shape index (κ1) is 30.4. The van der Waals surface area contributed by atoms with Gasteiger partial charge in [-0.2, -0.15) is 5.26 Å². The number of carbonyl (C=O) groups is 2. The van der Waals surface area contributed by atoms with Gasteiger partial charge in [-0.25, -0.2) is 9.88 Å². The van der Waals surface area contributed by atoms with Crippen LogP contribution in [0.3, 0.4) is 0 Å². The molecule has 8 nitrogen and oxygen atoms in total. The lowest BCUT2D eigenvalue weighted by Gasteiger charge is -2.15. The van der Waals surface area contributed by atoms with Crippen LogP contribution in [0.15, 0.2) is 146 Å². The highest BCUT2D eigenvalue weighted by Crippen LogP contribution is 2.40. The van der Waals surface area contributed by atoms with Gasteiger partial charge in [-0.3, -0.25) is 9.59 Å². The molecule has 0 aliphatic carbocycles. The lowest BCUT2D eigenvalue weighted by atomic mass is 10.0. The lowest BCUT2D eigenvalue weighted by Crippen LogP contribution is -2.29. The van der Waals surface area contributed by atoms with Gasteiger partial charge in [-0.1, -0.05) is 73.3 Å². The Hall–Kier alpha value is -7.68. The molecule has 0 fully saturated rings. The van der Waals surface area contributed by atoms with E-state index >= 15 is 0 Å². The second-order valence-corrected chi connectivity index (χ2v) is 12.4. The summed E-state index contributed by atoms with van der Waals surface area (Å²) >= 11 is 0. The van der Waals surface area contributed by atoms with Gasteiger partial charge in [-0.05, 0) is 90.0 Å². The molecule has 3 aromatic heterocycles. The number of rotatable bonds is 5. The average Bonchev–Trinajstić information content (AvgIpc) is 3.67. The molecule has 0 unspecified atom stereocenters. The van der Waals surface area contributed by atoms with Crippen LogP contribution in [-0.4, -0.2) is 26.3 Å². The highest BCUT2D eigenvalue weighted by atomic mass is 16.2. The van der Waals surface area contributed by atoms with Gasteiger partial charge in [0.05, 0.1) is 39.2 Å². The predicted molar refractivity (Wildman–Crippen MR) is 201 cm³/mol. The Morgan fingerprint density at radius 2 is 1.21 bits per heavy atom. The molecule has 4 heterocycles. The fourth-order valence-corrected chi connectivity index (χ4v) is 7.03. The zero-order valence-electron chi connectivity index (χ0n) is 27.4. The van der Waals surface area contributed by atoms with Crippen molar-refractivity contribution >= 4 is 45.1 Å². The second kappa shape index (κ2) is 12.0. The maximum Gasteiger partial charge on any atom is 0.270 e. The summed E-state index contributed by atoms with van der Waals surface area (Å²) in [6.45, 7) is 7.46. The molecule has 0 N–H and O–H groups in total. The van der Waals surface area contributed by atoms with E-state index in [-0.39, 0.29) is 5.91 Å². The summed E-state index contributed by atoms with van der Waals surface area (Å²) in [5.74, 6) is -0.481. The molecule has 9 rings (SSSR count). The van der Waals surface area contributed by atoms with Crippen LogP contribution in [0.5, 0.6) is 0 Å². The maximum atomic E-state index is 14.4. The smallest absolute Gasteiger partial charge is 0.270 e. The lowest BCUT2D eigenvalue weighted by molar-refractivity contribution is 0.0926. The third kappa shape index (κ3) is 4.83. The van der Waals surface area contributed by atoms with Crippen molar-refractivity contribution < 1.29 is 9.59 Å². The quantitative estimate of drug-likeness (QED) is 0.134. The van der Waals surface area contributed by atoms with E-state index < -0.39 is 5.91 Å². The van der Waals surface area contributed by atoms with Gasteiger partial charge >= 0.3 is 0 Å². The minimum absolute atomic E-state index is 0.299. The minimum Gasteiger partial charge on any atom is -0.361 e. The van der Waals surface area contributed by atoms with Crippen LogP contribution < -0.4 is 4.90 Å². The number of carbonyl (C=O) groups excluding carboxylic acids is 2. The number of pyridine rings is 2. The Balaban J connectivity index is 1.22. The molecule has 1 aliphatic heterocycles. The van der Waals surface area contributed by atoms with Crippen molar-refractivity contribution in [2.24, 2.45) is 0 Å². The van der Waals surface area contributed by atoms with E-state index in [4.69, 9.17) is 6.57 Å². The van der Waals surface area contributed by atoms with E-state index in [9.17, 15) is 14.9 Å². The molecule has 8 aromatic rings. The van der Waals surface area contributed by atoms with Crippen molar-refractivity contribution in [3.05, 3.63) is 174 Å².